The van der Waals surface area contributed by atoms with Crippen LogP contribution in [-0.4, -0.2) is 43.7 Å². The second kappa shape index (κ2) is 8.88. The molecule has 9 atom stereocenters. The van der Waals surface area contributed by atoms with Gasteiger partial charge in [-0.3, -0.25) is 4.79 Å². The third kappa shape index (κ3) is 4.50. The van der Waals surface area contributed by atoms with Gasteiger partial charge in [-0.25, -0.2) is 0 Å². The van der Waals surface area contributed by atoms with E-state index in [1.165, 1.54) is 31.3 Å². The van der Waals surface area contributed by atoms with Crippen LogP contribution in [0.4, 0.5) is 0 Å². The van der Waals surface area contributed by atoms with Gasteiger partial charge in [0.1, 0.15) is 0 Å². The van der Waals surface area contributed by atoms with Gasteiger partial charge in [-0.05, 0) is 118 Å². The van der Waals surface area contributed by atoms with E-state index in [-0.39, 0.29) is 11.8 Å². The van der Waals surface area contributed by atoms with Gasteiger partial charge in [0.25, 0.3) is 0 Å². The van der Waals surface area contributed by atoms with Gasteiger partial charge in [0, 0.05) is 0 Å². The molecule has 3 fully saturated rings. The van der Waals surface area contributed by atoms with Crippen LogP contribution in [-0.2, 0) is 4.79 Å². The topological polar surface area (TPSA) is 98.0 Å². The Kier molecular flexibility index (Phi) is 6.84. The number of hydrogen-bond donors (Lipinski definition) is 4. The van der Waals surface area contributed by atoms with Crippen LogP contribution in [0.15, 0.2) is 11.6 Å². The smallest absolute Gasteiger partial charge is 0.306 e. The van der Waals surface area contributed by atoms with Crippen molar-refractivity contribution in [3.05, 3.63) is 11.6 Å². The van der Waals surface area contributed by atoms with Gasteiger partial charge >= 0.3 is 5.97 Å². The Bertz CT molecular complexity index is 814. The molecular weight excluding hydrogens is 428 g/mol. The second-order valence-corrected chi connectivity index (χ2v) is 13.7. The largest absolute Gasteiger partial charge is 0.481 e. The average molecular weight is 477 g/mol. The zero-order valence-electron chi connectivity index (χ0n) is 22.0. The zero-order valence-corrected chi connectivity index (χ0v) is 22.0. The van der Waals surface area contributed by atoms with Crippen LogP contribution in [0.2, 0.25) is 0 Å². The van der Waals surface area contributed by atoms with Crippen molar-refractivity contribution in [2.24, 2.45) is 40.4 Å². The summed E-state index contributed by atoms with van der Waals surface area (Å²) < 4.78 is 0. The van der Waals surface area contributed by atoms with Crippen LogP contribution in [0.25, 0.3) is 0 Å². The first kappa shape index (κ1) is 26.2. The Labute approximate surface area is 206 Å². The Hall–Kier alpha value is -0.910. The Morgan fingerprint density at radius 1 is 1.12 bits per heavy atom. The monoisotopic (exact) mass is 476 g/mol. The Morgan fingerprint density at radius 2 is 1.82 bits per heavy atom. The molecule has 4 N–H and O–H groups in total. The molecule has 5 heteroatoms. The lowest BCUT2D eigenvalue weighted by molar-refractivity contribution is -0.145. The Balaban J connectivity index is 1.48. The van der Waals surface area contributed by atoms with E-state index < -0.39 is 23.3 Å². The summed E-state index contributed by atoms with van der Waals surface area (Å²) in [7, 11) is 0. The lowest BCUT2D eigenvalue weighted by Crippen LogP contribution is -2.52. The quantitative estimate of drug-likeness (QED) is 0.373. The SMILES string of the molecule is C[C@H](CCC(O)C(C)(C)O)[C@H]1CC[C@H]2[C@@H]3CC=C4C[C@](O)(CC(=O)O)CC[C@]4(C)[C@H]3CC[C@]12C. The van der Waals surface area contributed by atoms with Crippen molar-refractivity contribution in [3.8, 4) is 0 Å². The minimum absolute atomic E-state index is 0.0928. The number of allylic oxidation sites excluding steroid dienone is 1. The summed E-state index contributed by atoms with van der Waals surface area (Å²) in [4.78, 5) is 11.3. The minimum Gasteiger partial charge on any atom is -0.481 e. The molecule has 5 nitrogen and oxygen atoms in total. The summed E-state index contributed by atoms with van der Waals surface area (Å²) in [6, 6.07) is 0. The molecule has 0 aromatic carbocycles. The molecule has 4 rings (SSSR count). The summed E-state index contributed by atoms with van der Waals surface area (Å²) in [5.41, 5.74) is -0.390. The van der Waals surface area contributed by atoms with Crippen molar-refractivity contribution in [3.63, 3.8) is 0 Å². The molecule has 0 spiro atoms. The van der Waals surface area contributed by atoms with Crippen LogP contribution >= 0.6 is 0 Å². The number of carbonyl (C=O) groups is 1. The van der Waals surface area contributed by atoms with Gasteiger partial charge in [-0.15, -0.1) is 0 Å². The van der Waals surface area contributed by atoms with E-state index in [0.29, 0.717) is 54.3 Å². The molecule has 0 aromatic rings. The number of carboxylic acids is 1. The fourth-order valence-corrected chi connectivity index (χ4v) is 9.10. The molecule has 0 amide bonds. The predicted octanol–water partition coefficient (Wildman–Crippen LogP) is 5.32. The number of rotatable bonds is 7. The first-order valence-corrected chi connectivity index (χ1v) is 13.7. The fraction of sp³-hybridized carbons (Fsp3) is 0.897. The van der Waals surface area contributed by atoms with Crippen molar-refractivity contribution >= 4 is 5.97 Å². The third-order valence-electron chi connectivity index (χ3n) is 11.2. The van der Waals surface area contributed by atoms with Crippen LogP contribution < -0.4 is 0 Å². The van der Waals surface area contributed by atoms with Crippen LogP contribution in [0.5, 0.6) is 0 Å². The summed E-state index contributed by atoms with van der Waals surface area (Å²) in [6.07, 6.45) is 11.2. The summed E-state index contributed by atoms with van der Waals surface area (Å²) in [5, 5.41) is 40.7. The van der Waals surface area contributed by atoms with Crippen LogP contribution in [0, 0.1) is 40.4 Å². The molecule has 0 aliphatic heterocycles. The predicted molar refractivity (Wildman–Crippen MR) is 133 cm³/mol. The van der Waals surface area contributed by atoms with Gasteiger partial charge < -0.3 is 20.4 Å². The fourth-order valence-electron chi connectivity index (χ4n) is 9.10. The highest BCUT2D eigenvalue weighted by Gasteiger charge is 2.60. The van der Waals surface area contributed by atoms with Crippen molar-refractivity contribution in [2.45, 2.75) is 123 Å². The molecular formula is C29H48O5. The lowest BCUT2D eigenvalue weighted by atomic mass is 9.46. The molecule has 194 valence electrons. The zero-order chi connectivity index (χ0) is 25.1. The average Bonchev–Trinajstić information content (AvgIpc) is 3.08. The molecule has 4 aliphatic carbocycles. The normalized spacial score (nSPS) is 43.8. The minimum atomic E-state index is -1.09. The first-order chi connectivity index (χ1) is 15.7. The van der Waals surface area contributed by atoms with Crippen molar-refractivity contribution in [1.82, 2.24) is 0 Å². The van der Waals surface area contributed by atoms with Crippen molar-refractivity contribution < 1.29 is 25.2 Å². The highest BCUT2D eigenvalue weighted by Crippen LogP contribution is 2.67. The van der Waals surface area contributed by atoms with Crippen LogP contribution in [0.3, 0.4) is 0 Å². The number of carboxylic acid groups (broad SMARTS) is 1. The third-order valence-corrected chi connectivity index (χ3v) is 11.2. The van der Waals surface area contributed by atoms with E-state index in [4.69, 9.17) is 0 Å². The molecule has 0 saturated heterocycles. The van der Waals surface area contributed by atoms with Crippen LogP contribution in [0.1, 0.15) is 105 Å². The Morgan fingerprint density at radius 3 is 2.47 bits per heavy atom. The molecule has 1 unspecified atom stereocenters. The molecule has 0 heterocycles. The maximum Gasteiger partial charge on any atom is 0.306 e. The number of fused-ring (bicyclic) bond motifs is 5. The van der Waals surface area contributed by atoms with Gasteiger partial charge in [-0.1, -0.05) is 32.4 Å². The molecule has 34 heavy (non-hydrogen) atoms. The number of aliphatic carboxylic acids is 1. The van der Waals surface area contributed by atoms with Crippen molar-refractivity contribution in [2.75, 3.05) is 0 Å². The molecule has 0 aromatic heterocycles. The molecule has 0 bridgehead atoms. The molecule has 0 radical (unpaired) electrons. The standard InChI is InChI=1S/C29H48O5/c1-18(6-11-24(30)26(2,3)33)21-9-10-22-20-8-7-19-16-29(34,17-25(31)32)15-14-27(19,4)23(20)12-13-28(21,22)5/h7,18,20-24,30,33-34H,6,8-17H2,1-5H3,(H,31,32)/t18-,20+,21-,22+,23+,24?,27+,28-,29+/m1/s1. The highest BCUT2D eigenvalue weighted by atomic mass is 16.4. The second-order valence-electron chi connectivity index (χ2n) is 13.7. The van der Waals surface area contributed by atoms with Gasteiger partial charge in [0.15, 0.2) is 0 Å². The maximum atomic E-state index is 11.3. The van der Waals surface area contributed by atoms with E-state index in [2.05, 4.69) is 26.8 Å². The number of aliphatic hydroxyl groups is 3. The highest BCUT2D eigenvalue weighted by molar-refractivity contribution is 5.68. The van der Waals surface area contributed by atoms with Gasteiger partial charge in [0.05, 0.1) is 23.7 Å². The van der Waals surface area contributed by atoms with Gasteiger partial charge in [-0.2, -0.15) is 0 Å². The van der Waals surface area contributed by atoms with E-state index in [9.17, 15) is 25.2 Å². The summed E-state index contributed by atoms with van der Waals surface area (Å²) >= 11 is 0. The number of aliphatic hydroxyl groups excluding tert-OH is 1. The first-order valence-electron chi connectivity index (χ1n) is 13.7. The lowest BCUT2D eigenvalue weighted by Gasteiger charge is -2.59. The summed E-state index contributed by atoms with van der Waals surface area (Å²) in [5.74, 6) is 2.32. The summed E-state index contributed by atoms with van der Waals surface area (Å²) in [6.45, 7) is 10.7. The van der Waals surface area contributed by atoms with E-state index >= 15 is 0 Å². The maximum absolute atomic E-state index is 11.3. The van der Waals surface area contributed by atoms with Crippen molar-refractivity contribution in [1.29, 1.82) is 0 Å². The van der Waals surface area contributed by atoms with E-state index in [1.807, 2.05) is 0 Å². The van der Waals surface area contributed by atoms with E-state index in [0.717, 1.165) is 19.3 Å². The van der Waals surface area contributed by atoms with E-state index in [1.54, 1.807) is 13.8 Å². The molecule has 3 saturated carbocycles. The molecule has 4 aliphatic rings. The number of hydrogen-bond acceptors (Lipinski definition) is 4. The van der Waals surface area contributed by atoms with Gasteiger partial charge in [0.2, 0.25) is 0 Å².